The fraction of sp³-hybridized carbons (Fsp3) is 0.500. The van der Waals surface area contributed by atoms with E-state index in [0.29, 0.717) is 0 Å². The second-order valence-corrected chi connectivity index (χ2v) is 5.38. The van der Waals surface area contributed by atoms with E-state index in [0.717, 1.165) is 39.3 Å². The molecule has 0 bridgehead atoms. The summed E-state index contributed by atoms with van der Waals surface area (Å²) in [7, 11) is 1.97. The van der Waals surface area contributed by atoms with Crippen LogP contribution in [0.4, 0.5) is 5.69 Å². The number of nitrogens with one attached hydrogen (secondary N) is 1. The highest BCUT2D eigenvalue weighted by Gasteiger charge is 2.17. The lowest BCUT2D eigenvalue weighted by Gasteiger charge is -2.36. The molecule has 1 aromatic rings. The van der Waals surface area contributed by atoms with Crippen LogP contribution in [-0.4, -0.2) is 51.2 Å². The van der Waals surface area contributed by atoms with Gasteiger partial charge in [0, 0.05) is 45.0 Å². The van der Waals surface area contributed by atoms with E-state index in [1.807, 2.05) is 7.05 Å². The minimum Gasteiger partial charge on any atom is -0.369 e. The van der Waals surface area contributed by atoms with E-state index in [4.69, 9.17) is 0 Å². The van der Waals surface area contributed by atoms with Crippen molar-refractivity contribution in [3.05, 3.63) is 42.0 Å². The molecule has 1 aromatic carbocycles. The fourth-order valence-corrected chi connectivity index (χ4v) is 2.61. The van der Waals surface area contributed by atoms with Crippen LogP contribution in [0.2, 0.25) is 0 Å². The smallest absolute Gasteiger partial charge is 0.0369 e. The molecule has 0 unspecified atom stereocenters. The SMILES string of the molecule is C=C(CNC)CN1CCN(c2cccc(C)c2)CC1. The van der Waals surface area contributed by atoms with Crippen molar-refractivity contribution in [1.29, 1.82) is 0 Å². The molecule has 0 radical (unpaired) electrons. The van der Waals surface area contributed by atoms with Crippen molar-refractivity contribution in [2.75, 3.05) is 51.2 Å². The predicted molar refractivity (Wildman–Crippen MR) is 82.9 cm³/mol. The van der Waals surface area contributed by atoms with Gasteiger partial charge < -0.3 is 10.2 Å². The second-order valence-electron chi connectivity index (χ2n) is 5.38. The van der Waals surface area contributed by atoms with Crippen molar-refractivity contribution < 1.29 is 0 Å². The van der Waals surface area contributed by atoms with Gasteiger partial charge in [-0.1, -0.05) is 18.7 Å². The highest BCUT2D eigenvalue weighted by Crippen LogP contribution is 2.17. The van der Waals surface area contributed by atoms with Crippen molar-refractivity contribution >= 4 is 5.69 Å². The third-order valence-corrected chi connectivity index (χ3v) is 3.61. The normalized spacial score (nSPS) is 16.6. The summed E-state index contributed by atoms with van der Waals surface area (Å²) in [4.78, 5) is 4.97. The van der Waals surface area contributed by atoms with Gasteiger partial charge in [-0.25, -0.2) is 0 Å². The van der Waals surface area contributed by atoms with E-state index in [2.05, 4.69) is 52.9 Å². The van der Waals surface area contributed by atoms with Crippen LogP contribution in [0.1, 0.15) is 5.56 Å². The number of benzene rings is 1. The number of anilines is 1. The van der Waals surface area contributed by atoms with E-state index in [9.17, 15) is 0 Å². The van der Waals surface area contributed by atoms with Crippen LogP contribution < -0.4 is 10.2 Å². The molecule has 0 atom stereocenters. The lowest BCUT2D eigenvalue weighted by atomic mass is 10.2. The Bertz CT molecular complexity index is 420. The molecule has 0 aliphatic carbocycles. The number of hydrogen-bond acceptors (Lipinski definition) is 3. The summed E-state index contributed by atoms with van der Waals surface area (Å²) >= 11 is 0. The summed E-state index contributed by atoms with van der Waals surface area (Å²) < 4.78 is 0. The highest BCUT2D eigenvalue weighted by molar-refractivity contribution is 5.48. The first-order chi connectivity index (χ1) is 9.19. The quantitative estimate of drug-likeness (QED) is 0.815. The Labute approximate surface area is 116 Å². The van der Waals surface area contributed by atoms with Gasteiger partial charge in [-0.05, 0) is 37.2 Å². The number of hydrogen-bond donors (Lipinski definition) is 1. The van der Waals surface area contributed by atoms with E-state index in [-0.39, 0.29) is 0 Å². The van der Waals surface area contributed by atoms with Crippen LogP contribution in [0.25, 0.3) is 0 Å². The van der Waals surface area contributed by atoms with E-state index in [1.165, 1.54) is 16.8 Å². The number of rotatable bonds is 5. The zero-order valence-electron chi connectivity index (χ0n) is 12.2. The van der Waals surface area contributed by atoms with Crippen molar-refractivity contribution in [1.82, 2.24) is 10.2 Å². The van der Waals surface area contributed by atoms with Gasteiger partial charge in [0.2, 0.25) is 0 Å². The summed E-state index contributed by atoms with van der Waals surface area (Å²) in [5.74, 6) is 0. The van der Waals surface area contributed by atoms with Gasteiger partial charge in [0.25, 0.3) is 0 Å². The molecule has 19 heavy (non-hydrogen) atoms. The van der Waals surface area contributed by atoms with Crippen LogP contribution >= 0.6 is 0 Å². The van der Waals surface area contributed by atoms with Crippen LogP contribution in [0.3, 0.4) is 0 Å². The number of aryl methyl sites for hydroxylation is 1. The third-order valence-electron chi connectivity index (χ3n) is 3.61. The average Bonchev–Trinajstić information content (AvgIpc) is 2.40. The number of nitrogens with zero attached hydrogens (tertiary/aromatic N) is 2. The number of likely N-dealkylation sites (N-methyl/N-ethyl adjacent to an activating group) is 1. The maximum Gasteiger partial charge on any atom is 0.0369 e. The summed E-state index contributed by atoms with van der Waals surface area (Å²) in [5.41, 5.74) is 3.96. The van der Waals surface area contributed by atoms with Crippen LogP contribution in [0, 0.1) is 6.92 Å². The standard InChI is InChI=1S/C16H25N3/c1-14-5-4-6-16(11-14)19-9-7-18(8-10-19)13-15(2)12-17-3/h4-6,11,17H,2,7-10,12-13H2,1,3H3. The Hall–Kier alpha value is -1.32. The topological polar surface area (TPSA) is 18.5 Å². The second kappa shape index (κ2) is 6.73. The Kier molecular flexibility index (Phi) is 5.00. The summed E-state index contributed by atoms with van der Waals surface area (Å²) in [6.45, 7) is 12.7. The van der Waals surface area contributed by atoms with Gasteiger partial charge in [0.05, 0.1) is 0 Å². The van der Waals surface area contributed by atoms with Gasteiger partial charge in [0.1, 0.15) is 0 Å². The van der Waals surface area contributed by atoms with Crippen LogP contribution in [-0.2, 0) is 0 Å². The van der Waals surface area contributed by atoms with Crippen molar-refractivity contribution in [3.63, 3.8) is 0 Å². The zero-order chi connectivity index (χ0) is 13.7. The van der Waals surface area contributed by atoms with E-state index >= 15 is 0 Å². The molecule has 1 heterocycles. The molecule has 0 aromatic heterocycles. The molecule has 2 rings (SSSR count). The third kappa shape index (κ3) is 4.08. The Morgan fingerprint density at radius 2 is 2.00 bits per heavy atom. The van der Waals surface area contributed by atoms with Crippen molar-refractivity contribution in [2.45, 2.75) is 6.92 Å². The van der Waals surface area contributed by atoms with Crippen LogP contribution in [0.15, 0.2) is 36.4 Å². The maximum atomic E-state index is 4.11. The molecule has 3 nitrogen and oxygen atoms in total. The molecule has 1 aliphatic heterocycles. The van der Waals surface area contributed by atoms with Gasteiger partial charge in [0.15, 0.2) is 0 Å². The first-order valence-electron chi connectivity index (χ1n) is 7.04. The maximum absolute atomic E-state index is 4.11. The lowest BCUT2D eigenvalue weighted by Crippen LogP contribution is -2.47. The lowest BCUT2D eigenvalue weighted by molar-refractivity contribution is 0.277. The van der Waals surface area contributed by atoms with Crippen molar-refractivity contribution in [3.8, 4) is 0 Å². The number of piperazine rings is 1. The molecule has 1 N–H and O–H groups in total. The molecule has 104 valence electrons. The Morgan fingerprint density at radius 3 is 2.63 bits per heavy atom. The monoisotopic (exact) mass is 259 g/mol. The molecule has 0 amide bonds. The van der Waals surface area contributed by atoms with E-state index < -0.39 is 0 Å². The average molecular weight is 259 g/mol. The highest BCUT2D eigenvalue weighted by atomic mass is 15.3. The minimum atomic E-state index is 0.915. The molecular formula is C16H25N3. The van der Waals surface area contributed by atoms with E-state index in [1.54, 1.807) is 0 Å². The van der Waals surface area contributed by atoms with Gasteiger partial charge in [-0.2, -0.15) is 0 Å². The largest absolute Gasteiger partial charge is 0.369 e. The molecule has 0 spiro atoms. The Balaban J connectivity index is 1.84. The molecular weight excluding hydrogens is 234 g/mol. The molecule has 0 saturated carbocycles. The summed E-state index contributed by atoms with van der Waals surface area (Å²) in [5, 5.41) is 3.16. The van der Waals surface area contributed by atoms with Gasteiger partial charge in [-0.3, -0.25) is 4.90 Å². The summed E-state index contributed by atoms with van der Waals surface area (Å²) in [6.07, 6.45) is 0. The molecule has 3 heteroatoms. The van der Waals surface area contributed by atoms with Crippen LogP contribution in [0.5, 0.6) is 0 Å². The van der Waals surface area contributed by atoms with Gasteiger partial charge >= 0.3 is 0 Å². The first-order valence-corrected chi connectivity index (χ1v) is 7.04. The zero-order valence-corrected chi connectivity index (χ0v) is 12.2. The molecule has 1 fully saturated rings. The minimum absolute atomic E-state index is 0.915. The molecule has 1 aliphatic rings. The Morgan fingerprint density at radius 1 is 1.26 bits per heavy atom. The predicted octanol–water partition coefficient (Wildman–Crippen LogP) is 1.89. The summed E-state index contributed by atoms with van der Waals surface area (Å²) in [6, 6.07) is 8.78. The van der Waals surface area contributed by atoms with Gasteiger partial charge in [-0.15, -0.1) is 0 Å². The van der Waals surface area contributed by atoms with Crippen molar-refractivity contribution in [2.24, 2.45) is 0 Å². The fourth-order valence-electron chi connectivity index (χ4n) is 2.61. The molecule has 1 saturated heterocycles. The first kappa shape index (κ1) is 14.1.